The van der Waals surface area contributed by atoms with E-state index in [1.54, 1.807) is 0 Å². The lowest BCUT2D eigenvalue weighted by Crippen LogP contribution is -2.13. The summed E-state index contributed by atoms with van der Waals surface area (Å²) in [7, 11) is 0. The SMILES string of the molecule is Cc1cccc(OCCCC(=O)Nc2ccccc2C)c1. The molecule has 0 saturated heterocycles. The van der Waals surface area contributed by atoms with Crippen molar-refractivity contribution in [3.63, 3.8) is 0 Å². The lowest BCUT2D eigenvalue weighted by atomic mass is 10.2. The Hall–Kier alpha value is -2.29. The Kier molecular flexibility index (Phi) is 5.38. The minimum absolute atomic E-state index is 0.0251. The van der Waals surface area contributed by atoms with Gasteiger partial charge in [-0.2, -0.15) is 0 Å². The van der Waals surface area contributed by atoms with E-state index in [9.17, 15) is 4.79 Å². The van der Waals surface area contributed by atoms with Gasteiger partial charge in [0.2, 0.25) is 5.91 Å². The summed E-state index contributed by atoms with van der Waals surface area (Å²) < 4.78 is 5.63. The summed E-state index contributed by atoms with van der Waals surface area (Å²) in [5, 5.41) is 2.92. The maximum absolute atomic E-state index is 11.9. The number of para-hydroxylation sites is 1. The van der Waals surface area contributed by atoms with Crippen LogP contribution in [0.2, 0.25) is 0 Å². The number of anilines is 1. The van der Waals surface area contributed by atoms with Crippen molar-refractivity contribution in [1.29, 1.82) is 0 Å². The third-order valence-electron chi connectivity index (χ3n) is 3.23. The van der Waals surface area contributed by atoms with Crippen LogP contribution in [-0.4, -0.2) is 12.5 Å². The number of carbonyl (C=O) groups is 1. The lowest BCUT2D eigenvalue weighted by Gasteiger charge is -2.09. The Balaban J connectivity index is 1.71. The Morgan fingerprint density at radius 2 is 1.90 bits per heavy atom. The molecular formula is C18H21NO2. The monoisotopic (exact) mass is 283 g/mol. The van der Waals surface area contributed by atoms with E-state index < -0.39 is 0 Å². The molecule has 0 aromatic heterocycles. The molecule has 3 nitrogen and oxygen atoms in total. The number of benzene rings is 2. The number of carbonyl (C=O) groups excluding carboxylic acids is 1. The van der Waals surface area contributed by atoms with Crippen LogP contribution in [0.3, 0.4) is 0 Å². The summed E-state index contributed by atoms with van der Waals surface area (Å²) in [4.78, 5) is 11.9. The van der Waals surface area contributed by atoms with Crippen LogP contribution in [0, 0.1) is 13.8 Å². The topological polar surface area (TPSA) is 38.3 Å². The zero-order valence-corrected chi connectivity index (χ0v) is 12.6. The van der Waals surface area contributed by atoms with Crippen molar-refractivity contribution in [3.05, 3.63) is 59.7 Å². The fraction of sp³-hybridized carbons (Fsp3) is 0.278. The van der Waals surface area contributed by atoms with Crippen molar-refractivity contribution in [1.82, 2.24) is 0 Å². The minimum atomic E-state index is 0.0251. The number of aryl methyl sites for hydroxylation is 2. The summed E-state index contributed by atoms with van der Waals surface area (Å²) in [6.45, 7) is 4.56. The van der Waals surface area contributed by atoms with Crippen molar-refractivity contribution >= 4 is 11.6 Å². The number of nitrogens with one attached hydrogen (secondary N) is 1. The molecule has 3 heteroatoms. The van der Waals surface area contributed by atoms with Crippen molar-refractivity contribution in [3.8, 4) is 5.75 Å². The third-order valence-corrected chi connectivity index (χ3v) is 3.23. The van der Waals surface area contributed by atoms with Crippen LogP contribution >= 0.6 is 0 Å². The number of hydrogen-bond acceptors (Lipinski definition) is 2. The van der Waals surface area contributed by atoms with Gasteiger partial charge in [-0.1, -0.05) is 30.3 Å². The second kappa shape index (κ2) is 7.48. The van der Waals surface area contributed by atoms with E-state index in [4.69, 9.17) is 4.74 Å². The van der Waals surface area contributed by atoms with Crippen LogP contribution in [0.25, 0.3) is 0 Å². The maximum atomic E-state index is 11.9. The van der Waals surface area contributed by atoms with Crippen molar-refractivity contribution < 1.29 is 9.53 Å². The van der Waals surface area contributed by atoms with E-state index in [1.807, 2.05) is 62.4 Å². The van der Waals surface area contributed by atoms with E-state index in [2.05, 4.69) is 5.32 Å². The van der Waals surface area contributed by atoms with Crippen LogP contribution < -0.4 is 10.1 Å². The highest BCUT2D eigenvalue weighted by molar-refractivity contribution is 5.91. The highest BCUT2D eigenvalue weighted by Crippen LogP contribution is 2.14. The largest absolute Gasteiger partial charge is 0.494 e. The Morgan fingerprint density at radius 3 is 2.67 bits per heavy atom. The quantitative estimate of drug-likeness (QED) is 0.810. The second-order valence-corrected chi connectivity index (χ2v) is 5.13. The molecule has 0 aliphatic heterocycles. The number of amides is 1. The van der Waals surface area contributed by atoms with Gasteiger partial charge in [0.1, 0.15) is 5.75 Å². The van der Waals surface area contributed by atoms with Gasteiger partial charge >= 0.3 is 0 Å². The fourth-order valence-electron chi connectivity index (χ4n) is 2.05. The summed E-state index contributed by atoms with van der Waals surface area (Å²) in [5.41, 5.74) is 3.12. The predicted octanol–water partition coefficient (Wildman–Crippen LogP) is 4.10. The standard InChI is InChI=1S/C18H21NO2/c1-14-7-5-9-16(13-14)21-12-6-11-18(20)19-17-10-4-3-8-15(17)2/h3-5,7-10,13H,6,11-12H2,1-2H3,(H,19,20). The highest BCUT2D eigenvalue weighted by atomic mass is 16.5. The zero-order chi connectivity index (χ0) is 15.1. The minimum Gasteiger partial charge on any atom is -0.494 e. The van der Waals surface area contributed by atoms with Gasteiger partial charge in [-0.25, -0.2) is 0 Å². The molecule has 0 aliphatic rings. The Labute approximate surface area is 126 Å². The zero-order valence-electron chi connectivity index (χ0n) is 12.6. The fourth-order valence-corrected chi connectivity index (χ4v) is 2.05. The molecule has 0 spiro atoms. The number of rotatable bonds is 6. The van der Waals surface area contributed by atoms with Crippen LogP contribution in [0.5, 0.6) is 5.75 Å². The van der Waals surface area contributed by atoms with E-state index in [0.717, 1.165) is 17.0 Å². The van der Waals surface area contributed by atoms with Crippen molar-refractivity contribution in [2.45, 2.75) is 26.7 Å². The molecule has 21 heavy (non-hydrogen) atoms. The number of hydrogen-bond donors (Lipinski definition) is 1. The average molecular weight is 283 g/mol. The number of ether oxygens (including phenoxy) is 1. The molecule has 1 N–H and O–H groups in total. The molecule has 2 aromatic rings. The normalized spacial score (nSPS) is 10.2. The van der Waals surface area contributed by atoms with E-state index in [1.165, 1.54) is 5.56 Å². The smallest absolute Gasteiger partial charge is 0.224 e. The molecule has 2 aromatic carbocycles. The van der Waals surface area contributed by atoms with Gasteiger partial charge in [0.15, 0.2) is 0 Å². The first kappa shape index (κ1) is 15.1. The molecule has 0 radical (unpaired) electrons. The van der Waals surface area contributed by atoms with Gasteiger partial charge in [0.05, 0.1) is 6.61 Å². The first-order valence-electron chi connectivity index (χ1n) is 7.20. The molecule has 0 aliphatic carbocycles. The Morgan fingerprint density at radius 1 is 1.10 bits per heavy atom. The van der Waals surface area contributed by atoms with Crippen molar-refractivity contribution in [2.24, 2.45) is 0 Å². The molecule has 0 saturated carbocycles. The van der Waals surface area contributed by atoms with Crippen LogP contribution in [0.15, 0.2) is 48.5 Å². The summed E-state index contributed by atoms with van der Waals surface area (Å²) in [6, 6.07) is 15.7. The first-order valence-corrected chi connectivity index (χ1v) is 7.20. The second-order valence-electron chi connectivity index (χ2n) is 5.13. The first-order chi connectivity index (χ1) is 10.1. The van der Waals surface area contributed by atoms with Gasteiger partial charge in [-0.15, -0.1) is 0 Å². The van der Waals surface area contributed by atoms with Gasteiger partial charge in [0, 0.05) is 12.1 Å². The van der Waals surface area contributed by atoms with Crippen LogP contribution in [0.4, 0.5) is 5.69 Å². The van der Waals surface area contributed by atoms with Crippen molar-refractivity contribution in [2.75, 3.05) is 11.9 Å². The average Bonchev–Trinajstić information content (AvgIpc) is 2.46. The molecule has 0 heterocycles. The molecule has 110 valence electrons. The summed E-state index contributed by atoms with van der Waals surface area (Å²) in [6.07, 6.45) is 1.16. The summed E-state index contributed by atoms with van der Waals surface area (Å²) in [5.74, 6) is 0.881. The molecule has 2 rings (SSSR count). The van der Waals surface area contributed by atoms with Gasteiger partial charge < -0.3 is 10.1 Å². The van der Waals surface area contributed by atoms with Gasteiger partial charge in [-0.05, 0) is 49.6 Å². The van der Waals surface area contributed by atoms with Crippen LogP contribution in [0.1, 0.15) is 24.0 Å². The Bertz CT molecular complexity index is 608. The molecule has 0 bridgehead atoms. The van der Waals surface area contributed by atoms with Gasteiger partial charge in [-0.3, -0.25) is 4.79 Å². The molecular weight excluding hydrogens is 262 g/mol. The molecule has 1 amide bonds. The molecule has 0 atom stereocenters. The third kappa shape index (κ3) is 4.95. The maximum Gasteiger partial charge on any atom is 0.224 e. The molecule has 0 unspecified atom stereocenters. The van der Waals surface area contributed by atoms with E-state index >= 15 is 0 Å². The summed E-state index contributed by atoms with van der Waals surface area (Å²) >= 11 is 0. The predicted molar refractivity (Wildman–Crippen MR) is 85.7 cm³/mol. The van der Waals surface area contributed by atoms with Crippen LogP contribution in [-0.2, 0) is 4.79 Å². The van der Waals surface area contributed by atoms with Gasteiger partial charge in [0.25, 0.3) is 0 Å². The molecule has 0 fully saturated rings. The lowest BCUT2D eigenvalue weighted by molar-refractivity contribution is -0.116. The van der Waals surface area contributed by atoms with E-state index in [0.29, 0.717) is 19.4 Å². The van der Waals surface area contributed by atoms with E-state index in [-0.39, 0.29) is 5.91 Å². The highest BCUT2D eigenvalue weighted by Gasteiger charge is 2.04.